The topological polar surface area (TPSA) is 123 Å². The van der Waals surface area contributed by atoms with Crippen LogP contribution in [0.4, 0.5) is 5.95 Å². The van der Waals surface area contributed by atoms with E-state index in [-0.39, 0.29) is 23.3 Å². The molecular formula is C10H14N6O2S2. The molecular weight excluding hydrogens is 300 g/mol. The van der Waals surface area contributed by atoms with Gasteiger partial charge in [-0.1, -0.05) is 6.92 Å². The number of hydrogen-bond donors (Lipinski definition) is 3. The van der Waals surface area contributed by atoms with Gasteiger partial charge in [-0.2, -0.15) is 0 Å². The van der Waals surface area contributed by atoms with Crippen LogP contribution in [0.3, 0.4) is 0 Å². The maximum Gasteiger partial charge on any atom is 0.243 e. The maximum absolute atomic E-state index is 12.0. The minimum Gasteiger partial charge on any atom is -0.292 e. The van der Waals surface area contributed by atoms with E-state index in [9.17, 15) is 8.42 Å². The van der Waals surface area contributed by atoms with E-state index in [0.29, 0.717) is 0 Å². The van der Waals surface area contributed by atoms with Gasteiger partial charge in [-0.15, -0.1) is 11.3 Å². The number of sulfonamides is 1. The first kappa shape index (κ1) is 14.8. The SMILES string of the molecule is CC(CNS(=O)(=O)c1cnc(NN)nc1)c1nccs1. The highest BCUT2D eigenvalue weighted by Gasteiger charge is 2.17. The summed E-state index contributed by atoms with van der Waals surface area (Å²) in [4.78, 5) is 11.7. The van der Waals surface area contributed by atoms with Gasteiger partial charge in [0.2, 0.25) is 16.0 Å². The summed E-state index contributed by atoms with van der Waals surface area (Å²) in [5.41, 5.74) is 2.23. The Bertz CT molecular complexity index is 641. The molecule has 0 saturated carbocycles. The Morgan fingerprint density at radius 2 is 2.05 bits per heavy atom. The summed E-state index contributed by atoms with van der Waals surface area (Å²) in [5, 5.41) is 2.74. The van der Waals surface area contributed by atoms with Crippen LogP contribution in [-0.2, 0) is 10.0 Å². The summed E-state index contributed by atoms with van der Waals surface area (Å²) in [6.07, 6.45) is 4.08. The van der Waals surface area contributed by atoms with Gasteiger partial charge in [0.25, 0.3) is 0 Å². The lowest BCUT2D eigenvalue weighted by Crippen LogP contribution is -2.28. The number of nitrogen functional groups attached to an aromatic ring is 1. The molecule has 0 radical (unpaired) electrons. The molecule has 8 nitrogen and oxygen atoms in total. The van der Waals surface area contributed by atoms with E-state index in [0.717, 1.165) is 5.01 Å². The number of thiazole rings is 1. The molecule has 2 aromatic heterocycles. The van der Waals surface area contributed by atoms with Crippen LogP contribution in [0.1, 0.15) is 17.8 Å². The molecule has 0 aromatic carbocycles. The Hall–Kier alpha value is -1.62. The van der Waals surface area contributed by atoms with Crippen LogP contribution in [0.5, 0.6) is 0 Å². The van der Waals surface area contributed by atoms with Gasteiger partial charge in [0.05, 0.1) is 17.4 Å². The summed E-state index contributed by atoms with van der Waals surface area (Å²) < 4.78 is 26.6. The van der Waals surface area contributed by atoms with Crippen molar-refractivity contribution in [3.8, 4) is 0 Å². The Kier molecular flexibility index (Phi) is 4.60. The highest BCUT2D eigenvalue weighted by atomic mass is 32.2. The van der Waals surface area contributed by atoms with Crippen molar-refractivity contribution >= 4 is 27.3 Å². The van der Waals surface area contributed by atoms with E-state index in [2.05, 4.69) is 25.1 Å². The number of nitrogens with two attached hydrogens (primary N) is 1. The van der Waals surface area contributed by atoms with Gasteiger partial charge < -0.3 is 0 Å². The maximum atomic E-state index is 12.0. The summed E-state index contributed by atoms with van der Waals surface area (Å²) in [5.74, 6) is 5.26. The Labute approximate surface area is 120 Å². The smallest absolute Gasteiger partial charge is 0.243 e. The normalized spacial score (nSPS) is 13.1. The number of anilines is 1. The van der Waals surface area contributed by atoms with Crippen LogP contribution in [0.15, 0.2) is 28.9 Å². The first-order valence-electron chi connectivity index (χ1n) is 5.70. The van der Waals surface area contributed by atoms with E-state index < -0.39 is 10.0 Å². The third-order valence-corrected chi connectivity index (χ3v) is 4.91. The minimum absolute atomic E-state index is 0.00400. The van der Waals surface area contributed by atoms with Crippen molar-refractivity contribution in [2.45, 2.75) is 17.7 Å². The molecule has 0 spiro atoms. The molecule has 4 N–H and O–H groups in total. The van der Waals surface area contributed by atoms with E-state index in [1.54, 1.807) is 6.20 Å². The monoisotopic (exact) mass is 314 g/mol. The molecule has 20 heavy (non-hydrogen) atoms. The summed E-state index contributed by atoms with van der Waals surface area (Å²) >= 11 is 1.49. The lowest BCUT2D eigenvalue weighted by molar-refractivity contribution is 0.574. The molecule has 0 aliphatic rings. The van der Waals surface area contributed by atoms with Gasteiger partial charge >= 0.3 is 0 Å². The van der Waals surface area contributed by atoms with E-state index >= 15 is 0 Å². The van der Waals surface area contributed by atoms with Crippen molar-refractivity contribution in [3.05, 3.63) is 29.0 Å². The fourth-order valence-corrected chi connectivity index (χ4v) is 3.13. The molecule has 1 unspecified atom stereocenters. The van der Waals surface area contributed by atoms with Gasteiger partial charge in [0.1, 0.15) is 4.90 Å². The summed E-state index contributed by atoms with van der Waals surface area (Å²) in [6.45, 7) is 2.16. The predicted octanol–water partition coefficient (Wildman–Crippen LogP) is 0.301. The Balaban J connectivity index is 2.03. The number of rotatable bonds is 6. The minimum atomic E-state index is -3.64. The van der Waals surface area contributed by atoms with Crippen molar-refractivity contribution in [2.24, 2.45) is 5.84 Å². The summed E-state index contributed by atoms with van der Waals surface area (Å²) in [6, 6.07) is 0. The third-order valence-electron chi connectivity index (χ3n) is 2.52. The van der Waals surface area contributed by atoms with Crippen LogP contribution in [0, 0.1) is 0 Å². The third kappa shape index (κ3) is 3.48. The zero-order chi connectivity index (χ0) is 14.6. The summed E-state index contributed by atoms with van der Waals surface area (Å²) in [7, 11) is -3.64. The number of nitrogens with zero attached hydrogens (tertiary/aromatic N) is 3. The average Bonchev–Trinajstić information content (AvgIpc) is 2.99. The van der Waals surface area contributed by atoms with Gasteiger partial charge in [-0.05, 0) is 0 Å². The van der Waals surface area contributed by atoms with Gasteiger partial charge in [0.15, 0.2) is 0 Å². The molecule has 0 aliphatic heterocycles. The van der Waals surface area contributed by atoms with Crippen LogP contribution < -0.4 is 16.0 Å². The van der Waals surface area contributed by atoms with E-state index in [1.165, 1.54) is 23.7 Å². The van der Waals surface area contributed by atoms with Crippen molar-refractivity contribution in [3.63, 3.8) is 0 Å². The predicted molar refractivity (Wildman–Crippen MR) is 75.6 cm³/mol. The van der Waals surface area contributed by atoms with Gasteiger partial charge in [0, 0.05) is 24.0 Å². The molecule has 0 aliphatic carbocycles. The van der Waals surface area contributed by atoms with Crippen molar-refractivity contribution in [1.82, 2.24) is 19.7 Å². The molecule has 2 heterocycles. The van der Waals surface area contributed by atoms with Crippen LogP contribution in [0.2, 0.25) is 0 Å². The number of hydrazine groups is 1. The first-order valence-corrected chi connectivity index (χ1v) is 8.07. The molecule has 0 fully saturated rings. The largest absolute Gasteiger partial charge is 0.292 e. The lowest BCUT2D eigenvalue weighted by Gasteiger charge is -2.10. The van der Waals surface area contributed by atoms with Crippen LogP contribution >= 0.6 is 11.3 Å². The second-order valence-corrected chi connectivity index (χ2v) is 6.70. The van der Waals surface area contributed by atoms with Crippen molar-refractivity contribution in [1.29, 1.82) is 0 Å². The fourth-order valence-electron chi connectivity index (χ4n) is 1.41. The molecule has 1 atom stereocenters. The molecule has 2 aromatic rings. The van der Waals surface area contributed by atoms with Crippen molar-refractivity contribution in [2.75, 3.05) is 12.0 Å². The number of nitrogens with one attached hydrogen (secondary N) is 2. The highest BCUT2D eigenvalue weighted by molar-refractivity contribution is 7.89. The molecule has 0 bridgehead atoms. The van der Waals surface area contributed by atoms with Crippen molar-refractivity contribution < 1.29 is 8.42 Å². The fraction of sp³-hybridized carbons (Fsp3) is 0.300. The van der Waals surface area contributed by atoms with Crippen LogP contribution in [-0.4, -0.2) is 29.9 Å². The van der Waals surface area contributed by atoms with E-state index in [4.69, 9.17) is 5.84 Å². The molecule has 2 rings (SSSR count). The Morgan fingerprint density at radius 3 is 2.60 bits per heavy atom. The van der Waals surface area contributed by atoms with Gasteiger partial charge in [-0.3, -0.25) is 5.43 Å². The molecule has 0 amide bonds. The standard InChI is InChI=1S/C10H14N6O2S2/c1-7(9-12-2-3-19-9)4-15-20(17,18)8-5-13-10(16-11)14-6-8/h2-3,5-7,15H,4,11H2,1H3,(H,13,14,16). The van der Waals surface area contributed by atoms with Crippen LogP contribution in [0.25, 0.3) is 0 Å². The Morgan fingerprint density at radius 1 is 1.35 bits per heavy atom. The molecule has 10 heteroatoms. The zero-order valence-electron chi connectivity index (χ0n) is 10.6. The van der Waals surface area contributed by atoms with E-state index in [1.807, 2.05) is 12.3 Å². The van der Waals surface area contributed by atoms with Gasteiger partial charge in [-0.25, -0.2) is 33.9 Å². The zero-order valence-corrected chi connectivity index (χ0v) is 12.3. The lowest BCUT2D eigenvalue weighted by atomic mass is 10.2. The molecule has 108 valence electrons. The quantitative estimate of drug-likeness (QED) is 0.517. The first-order chi connectivity index (χ1) is 9.53. The number of aromatic nitrogens is 3. The average molecular weight is 314 g/mol. The number of hydrogen-bond acceptors (Lipinski definition) is 8. The highest BCUT2D eigenvalue weighted by Crippen LogP contribution is 2.17. The second kappa shape index (κ2) is 6.22. The molecule has 0 saturated heterocycles. The second-order valence-electron chi connectivity index (χ2n) is 4.01.